The van der Waals surface area contributed by atoms with Crippen molar-refractivity contribution >= 4 is 9.52 Å². The summed E-state index contributed by atoms with van der Waals surface area (Å²) in [7, 11) is 0.00231. The fourth-order valence-corrected chi connectivity index (χ4v) is 2.81. The first-order valence-corrected chi connectivity index (χ1v) is 6.05. The Kier molecular flexibility index (Phi) is 2.71. The van der Waals surface area contributed by atoms with Crippen molar-refractivity contribution in [2.45, 2.75) is 33.2 Å². The maximum absolute atomic E-state index is 3.40. The fourth-order valence-electron chi connectivity index (χ4n) is 1.13. The number of rotatable bonds is 2. The minimum absolute atomic E-state index is 0.00231. The number of hydrogen-bond donors (Lipinski definition) is 0. The monoisotopic (exact) mass is 165 g/mol. The lowest BCUT2D eigenvalue weighted by molar-refractivity contribution is 0.467. The van der Waals surface area contributed by atoms with Gasteiger partial charge in [-0.15, -0.1) is 0 Å². The molecule has 0 fully saturated rings. The quantitative estimate of drug-likeness (QED) is 0.551. The summed E-state index contributed by atoms with van der Waals surface area (Å²) in [6.45, 7) is 6.96. The van der Waals surface area contributed by atoms with E-state index in [9.17, 15) is 0 Å². The topological polar surface area (TPSA) is 0 Å². The highest BCUT2D eigenvalue weighted by Crippen LogP contribution is 2.21. The molecule has 0 amide bonds. The Morgan fingerprint density at radius 3 is 2.73 bits per heavy atom. The third kappa shape index (κ3) is 3.56. The molecule has 0 aromatic heterocycles. The van der Waals surface area contributed by atoms with Crippen LogP contribution in [0.15, 0.2) is 17.3 Å². The van der Waals surface area contributed by atoms with Crippen molar-refractivity contribution in [3.05, 3.63) is 23.4 Å². The van der Waals surface area contributed by atoms with Crippen LogP contribution in [0.2, 0.25) is 6.04 Å². The van der Waals surface area contributed by atoms with Gasteiger partial charge in [0.15, 0.2) is 0 Å². The molecule has 0 heterocycles. The smallest absolute Gasteiger partial charge is 0.0556 e. The normalized spacial score (nSPS) is 18.3. The molecule has 11 heavy (non-hydrogen) atoms. The zero-order chi connectivity index (χ0) is 8.32. The lowest BCUT2D eigenvalue weighted by Gasteiger charge is -2.16. The molecule has 0 saturated heterocycles. The van der Waals surface area contributed by atoms with E-state index in [1.54, 1.807) is 5.20 Å². The molecule has 61 valence electrons. The van der Waals surface area contributed by atoms with Gasteiger partial charge < -0.3 is 0 Å². The Labute approximate surface area is 72.2 Å². The van der Waals surface area contributed by atoms with Gasteiger partial charge >= 0.3 is 0 Å². The summed E-state index contributed by atoms with van der Waals surface area (Å²) in [5.74, 6) is 0. The molecular formula is C10H17Si. The van der Waals surface area contributed by atoms with Crippen LogP contribution in [0.3, 0.4) is 0 Å². The molecule has 0 N–H and O–H groups in total. The summed E-state index contributed by atoms with van der Waals surface area (Å²) in [5, 5.41) is 1.54. The lowest BCUT2D eigenvalue weighted by Crippen LogP contribution is -2.09. The first-order chi connectivity index (χ1) is 5.08. The van der Waals surface area contributed by atoms with Crippen molar-refractivity contribution in [3.8, 4) is 0 Å². The average Bonchev–Trinajstić information content (AvgIpc) is 2.32. The van der Waals surface area contributed by atoms with Crippen LogP contribution < -0.4 is 0 Å². The Morgan fingerprint density at radius 2 is 2.27 bits per heavy atom. The predicted octanol–water partition coefficient (Wildman–Crippen LogP) is 2.27. The van der Waals surface area contributed by atoms with Crippen LogP contribution in [-0.4, -0.2) is 9.52 Å². The van der Waals surface area contributed by atoms with Crippen LogP contribution >= 0.6 is 0 Å². The molecule has 1 rings (SSSR count). The molecule has 0 nitrogen and oxygen atoms in total. The molecule has 0 aliphatic heterocycles. The van der Waals surface area contributed by atoms with Crippen LogP contribution in [0.5, 0.6) is 0 Å². The molecule has 1 radical (unpaired) electrons. The molecule has 0 aromatic carbocycles. The van der Waals surface area contributed by atoms with Crippen molar-refractivity contribution in [2.24, 2.45) is 5.41 Å². The van der Waals surface area contributed by atoms with Crippen LogP contribution in [0.1, 0.15) is 27.2 Å². The van der Waals surface area contributed by atoms with Crippen molar-refractivity contribution in [1.29, 1.82) is 0 Å². The second kappa shape index (κ2) is 3.40. The van der Waals surface area contributed by atoms with Crippen LogP contribution in [0.25, 0.3) is 0 Å². The van der Waals surface area contributed by atoms with Crippen molar-refractivity contribution in [2.75, 3.05) is 0 Å². The Morgan fingerprint density at radius 1 is 1.55 bits per heavy atom. The molecular weight excluding hydrogens is 148 g/mol. The van der Waals surface area contributed by atoms with E-state index >= 15 is 0 Å². The summed E-state index contributed by atoms with van der Waals surface area (Å²) in [6.07, 6.45) is 8.93. The zero-order valence-corrected chi connectivity index (χ0v) is 9.19. The standard InChI is InChI=1S/C10H17Si/c1-10(2,3)8-11-9-6-4-5-7-9/h4,6H,5,8,11H2,1-3H3. The van der Waals surface area contributed by atoms with E-state index in [1.807, 2.05) is 0 Å². The number of hydrogen-bond acceptors (Lipinski definition) is 0. The minimum Gasteiger partial charge on any atom is -0.0803 e. The maximum Gasteiger partial charge on any atom is 0.0556 e. The molecule has 1 aliphatic rings. The fraction of sp³-hybridized carbons (Fsp3) is 0.600. The van der Waals surface area contributed by atoms with E-state index in [2.05, 4.69) is 39.0 Å². The van der Waals surface area contributed by atoms with Gasteiger partial charge in [0.1, 0.15) is 0 Å². The van der Waals surface area contributed by atoms with Crippen molar-refractivity contribution < 1.29 is 0 Å². The largest absolute Gasteiger partial charge is 0.0803 e. The first-order valence-electron chi connectivity index (χ1n) is 4.34. The average molecular weight is 165 g/mol. The van der Waals surface area contributed by atoms with E-state index in [0.29, 0.717) is 5.41 Å². The lowest BCUT2D eigenvalue weighted by atomic mass is 10.0. The summed E-state index contributed by atoms with van der Waals surface area (Å²) < 4.78 is 0. The highest BCUT2D eigenvalue weighted by molar-refractivity contribution is 6.46. The molecule has 0 bridgehead atoms. The van der Waals surface area contributed by atoms with Crippen LogP contribution in [0, 0.1) is 11.5 Å². The molecule has 1 heteroatoms. The maximum atomic E-state index is 3.40. The van der Waals surface area contributed by atoms with Crippen LogP contribution in [-0.2, 0) is 0 Å². The highest BCUT2D eigenvalue weighted by atomic mass is 28.2. The number of allylic oxidation sites excluding steroid dienone is 4. The summed E-state index contributed by atoms with van der Waals surface area (Å²) in [5.41, 5.74) is 0.525. The highest BCUT2D eigenvalue weighted by Gasteiger charge is 2.11. The summed E-state index contributed by atoms with van der Waals surface area (Å²) >= 11 is 0. The summed E-state index contributed by atoms with van der Waals surface area (Å²) in [4.78, 5) is 0. The summed E-state index contributed by atoms with van der Waals surface area (Å²) in [6, 6.07) is 1.40. The Hall–Kier alpha value is -0.303. The van der Waals surface area contributed by atoms with E-state index < -0.39 is 0 Å². The van der Waals surface area contributed by atoms with Gasteiger partial charge in [-0.1, -0.05) is 44.2 Å². The van der Waals surface area contributed by atoms with Gasteiger partial charge in [-0.2, -0.15) is 0 Å². The van der Waals surface area contributed by atoms with Gasteiger partial charge in [-0.3, -0.25) is 0 Å². The van der Waals surface area contributed by atoms with Crippen LogP contribution in [0.4, 0.5) is 0 Å². The Balaban J connectivity index is 2.28. The van der Waals surface area contributed by atoms with Gasteiger partial charge in [0.05, 0.1) is 9.52 Å². The van der Waals surface area contributed by atoms with Gasteiger partial charge in [-0.25, -0.2) is 0 Å². The third-order valence-electron chi connectivity index (χ3n) is 1.91. The van der Waals surface area contributed by atoms with E-state index in [-0.39, 0.29) is 9.52 Å². The molecule has 0 aromatic rings. The van der Waals surface area contributed by atoms with E-state index in [1.165, 1.54) is 6.04 Å². The van der Waals surface area contributed by atoms with Gasteiger partial charge in [-0.05, 0) is 17.9 Å². The van der Waals surface area contributed by atoms with Crippen molar-refractivity contribution in [3.63, 3.8) is 0 Å². The Bertz CT molecular complexity index is 182. The molecule has 0 atom stereocenters. The van der Waals surface area contributed by atoms with Gasteiger partial charge in [0.2, 0.25) is 0 Å². The second-order valence-corrected chi connectivity index (χ2v) is 6.13. The first kappa shape index (κ1) is 8.79. The van der Waals surface area contributed by atoms with Gasteiger partial charge in [0.25, 0.3) is 0 Å². The molecule has 0 spiro atoms. The predicted molar refractivity (Wildman–Crippen MR) is 53.3 cm³/mol. The van der Waals surface area contributed by atoms with Gasteiger partial charge in [0, 0.05) is 0 Å². The molecule has 0 saturated carbocycles. The molecule has 1 aliphatic carbocycles. The van der Waals surface area contributed by atoms with Crippen molar-refractivity contribution in [1.82, 2.24) is 0 Å². The third-order valence-corrected chi connectivity index (χ3v) is 4.68. The second-order valence-electron chi connectivity index (χ2n) is 4.37. The minimum atomic E-state index is 0.00231. The van der Waals surface area contributed by atoms with E-state index in [4.69, 9.17) is 0 Å². The SMILES string of the molecule is CC(C)(C)C[SiH2]C1=[C]CC=C1. The molecule has 0 unspecified atom stereocenters. The zero-order valence-electron chi connectivity index (χ0n) is 7.78. The van der Waals surface area contributed by atoms with E-state index in [0.717, 1.165) is 6.42 Å².